The highest BCUT2D eigenvalue weighted by molar-refractivity contribution is 5.88. The number of benzene rings is 2. The van der Waals surface area contributed by atoms with E-state index in [4.69, 9.17) is 6.57 Å². The van der Waals surface area contributed by atoms with Crippen LogP contribution in [0, 0.1) is 24.8 Å². The van der Waals surface area contributed by atoms with Crippen molar-refractivity contribution in [2.75, 3.05) is 0 Å². The molecule has 0 amide bonds. The Morgan fingerprint density at radius 1 is 0.917 bits per heavy atom. The third kappa shape index (κ3) is 4.03. The zero-order valence-electron chi connectivity index (χ0n) is 18.9. The van der Waals surface area contributed by atoms with E-state index in [0.29, 0.717) is 22.4 Å². The molecule has 2 unspecified atom stereocenters. The number of nitrogens with zero attached hydrogens (tertiary/aromatic N) is 4. The maximum atomic E-state index is 13.4. The number of ether oxygens (including phenoxy) is 1. The van der Waals surface area contributed by atoms with Crippen LogP contribution in [-0.4, -0.2) is 22.4 Å². The average Bonchev–Trinajstić information content (AvgIpc) is 3.16. The number of fused-ring (bicyclic) bond motifs is 3. The molecular weight excluding hydrogens is 465 g/mol. The molecule has 0 fully saturated rings. The summed E-state index contributed by atoms with van der Waals surface area (Å²) in [6.45, 7) is 9.49. The lowest BCUT2D eigenvalue weighted by Gasteiger charge is -2.17. The van der Waals surface area contributed by atoms with E-state index >= 15 is 0 Å². The maximum absolute atomic E-state index is 13.4. The zero-order chi connectivity index (χ0) is 25.4. The monoisotopic (exact) mass is 482 g/mol. The van der Waals surface area contributed by atoms with Crippen molar-refractivity contribution < 1.29 is 17.9 Å². The van der Waals surface area contributed by atoms with Gasteiger partial charge in [0.2, 0.25) is 0 Å². The van der Waals surface area contributed by atoms with Gasteiger partial charge in [-0.2, -0.15) is 5.26 Å². The normalized spacial score (nSPS) is 14.8. The molecule has 0 saturated heterocycles. The van der Waals surface area contributed by atoms with Crippen molar-refractivity contribution in [2.24, 2.45) is 0 Å². The first-order valence-corrected chi connectivity index (χ1v) is 11.0. The Morgan fingerprint density at radius 3 is 2.03 bits per heavy atom. The molecule has 2 heterocycles. The second kappa shape index (κ2) is 8.83. The first kappa shape index (κ1) is 23.1. The molecule has 8 heteroatoms. The fourth-order valence-corrected chi connectivity index (χ4v) is 4.72. The van der Waals surface area contributed by atoms with Gasteiger partial charge in [-0.3, -0.25) is 14.8 Å². The van der Waals surface area contributed by atoms with Crippen LogP contribution in [-0.2, 0) is 0 Å². The first-order valence-electron chi connectivity index (χ1n) is 11.0. The standard InChI is InChI=1S/C28H17F3N4O/c1-16-11-20-18(12-17(16)23-7-3-5-9-34-23)19-13-22(24-8-4-6-10-35-24)26(36-28(29,30)31)14-21(19)27(20)25(15-32)33-2/h3-14,25,27H,1H3. The van der Waals surface area contributed by atoms with E-state index in [1.165, 1.54) is 12.3 Å². The van der Waals surface area contributed by atoms with Gasteiger partial charge in [0.1, 0.15) is 11.7 Å². The van der Waals surface area contributed by atoms with E-state index in [2.05, 4.69) is 19.5 Å². The molecule has 176 valence electrons. The Hall–Kier alpha value is -4.69. The topological polar surface area (TPSA) is 63.2 Å². The lowest BCUT2D eigenvalue weighted by molar-refractivity contribution is -0.274. The van der Waals surface area contributed by atoms with Crippen LogP contribution in [0.15, 0.2) is 73.1 Å². The number of rotatable bonds is 4. The van der Waals surface area contributed by atoms with E-state index in [1.807, 2.05) is 43.3 Å². The average molecular weight is 482 g/mol. The van der Waals surface area contributed by atoms with Crippen molar-refractivity contribution in [2.45, 2.75) is 25.2 Å². The number of hydrogen-bond donors (Lipinski definition) is 0. The van der Waals surface area contributed by atoms with Crippen LogP contribution in [0.5, 0.6) is 5.75 Å². The minimum Gasteiger partial charge on any atom is -0.405 e. The highest BCUT2D eigenvalue weighted by Crippen LogP contribution is 2.52. The number of alkyl halides is 3. The number of halogens is 3. The smallest absolute Gasteiger partial charge is 0.405 e. The predicted molar refractivity (Wildman–Crippen MR) is 128 cm³/mol. The number of aromatic nitrogens is 2. The molecule has 5 nitrogen and oxygen atoms in total. The second-order valence-electron chi connectivity index (χ2n) is 8.35. The van der Waals surface area contributed by atoms with Crippen LogP contribution < -0.4 is 4.74 Å². The first-order chi connectivity index (χ1) is 17.3. The Balaban J connectivity index is 1.81. The van der Waals surface area contributed by atoms with Crippen LogP contribution in [0.4, 0.5) is 13.2 Å². The predicted octanol–water partition coefficient (Wildman–Crippen LogP) is 6.94. The summed E-state index contributed by atoms with van der Waals surface area (Å²) in [5, 5.41) is 9.73. The van der Waals surface area contributed by atoms with Crippen molar-refractivity contribution in [3.05, 3.63) is 101 Å². The van der Waals surface area contributed by atoms with Gasteiger partial charge in [0, 0.05) is 23.5 Å². The summed E-state index contributed by atoms with van der Waals surface area (Å²) < 4.78 is 44.6. The molecular formula is C28H17F3N4O. The summed E-state index contributed by atoms with van der Waals surface area (Å²) in [5.74, 6) is -1.16. The molecule has 0 saturated carbocycles. The molecule has 0 spiro atoms. The highest BCUT2D eigenvalue weighted by Gasteiger charge is 2.41. The zero-order valence-corrected chi connectivity index (χ0v) is 18.9. The third-order valence-electron chi connectivity index (χ3n) is 6.20. The molecule has 1 aliphatic rings. The van der Waals surface area contributed by atoms with Crippen molar-refractivity contribution in [1.29, 1.82) is 5.26 Å². The van der Waals surface area contributed by atoms with Crippen molar-refractivity contribution in [3.63, 3.8) is 0 Å². The highest BCUT2D eigenvalue weighted by atomic mass is 19.4. The number of nitriles is 1. The molecule has 2 atom stereocenters. The Labute approximate surface area is 205 Å². The third-order valence-corrected chi connectivity index (χ3v) is 6.20. The van der Waals surface area contributed by atoms with Crippen molar-refractivity contribution >= 4 is 0 Å². The van der Waals surface area contributed by atoms with Crippen LogP contribution in [0.2, 0.25) is 0 Å². The van der Waals surface area contributed by atoms with Crippen LogP contribution in [0.3, 0.4) is 0 Å². The molecule has 1 aliphatic carbocycles. The fourth-order valence-electron chi connectivity index (χ4n) is 4.72. The molecule has 36 heavy (non-hydrogen) atoms. The number of aryl methyl sites for hydroxylation is 1. The SMILES string of the molecule is [C-]#[N+]C(C#N)C1c2cc(C)c(-c3ccccn3)cc2-c2cc(-c3ccccn3)c(OC(F)(F)F)cc21. The minimum atomic E-state index is -4.93. The molecule has 0 aliphatic heterocycles. The summed E-state index contributed by atoms with van der Waals surface area (Å²) in [6.07, 6.45) is -1.76. The summed E-state index contributed by atoms with van der Waals surface area (Å²) >= 11 is 0. The van der Waals surface area contributed by atoms with Gasteiger partial charge < -0.3 is 4.74 Å². The lowest BCUT2D eigenvalue weighted by atomic mass is 9.88. The van der Waals surface area contributed by atoms with Crippen molar-refractivity contribution in [3.8, 4) is 45.5 Å². The van der Waals surface area contributed by atoms with E-state index in [0.717, 1.165) is 22.4 Å². The van der Waals surface area contributed by atoms with Gasteiger partial charge >= 0.3 is 12.4 Å². The molecule has 2 aromatic carbocycles. The van der Waals surface area contributed by atoms with Gasteiger partial charge in [-0.05, 0) is 77.2 Å². The van der Waals surface area contributed by atoms with Gasteiger partial charge in [-0.15, -0.1) is 13.2 Å². The van der Waals surface area contributed by atoms with Gasteiger partial charge in [0.25, 0.3) is 0 Å². The van der Waals surface area contributed by atoms with Crippen LogP contribution in [0.1, 0.15) is 22.6 Å². The Morgan fingerprint density at radius 2 is 1.50 bits per heavy atom. The summed E-state index contributed by atoms with van der Waals surface area (Å²) in [4.78, 5) is 12.2. The summed E-state index contributed by atoms with van der Waals surface area (Å²) in [5.41, 5.74) is 5.46. The Kier molecular flexibility index (Phi) is 5.66. The largest absolute Gasteiger partial charge is 0.573 e. The van der Waals surface area contributed by atoms with E-state index < -0.39 is 24.1 Å². The molecule has 5 rings (SSSR count). The molecule has 0 bridgehead atoms. The molecule has 2 aromatic heterocycles. The van der Waals surface area contributed by atoms with Gasteiger partial charge in [0.15, 0.2) is 6.07 Å². The summed E-state index contributed by atoms with van der Waals surface area (Å²) in [7, 11) is 0. The number of pyridine rings is 2. The van der Waals surface area contributed by atoms with Gasteiger partial charge in [-0.1, -0.05) is 18.2 Å². The van der Waals surface area contributed by atoms with E-state index in [1.54, 1.807) is 30.5 Å². The maximum Gasteiger partial charge on any atom is 0.573 e. The second-order valence-corrected chi connectivity index (χ2v) is 8.35. The van der Waals surface area contributed by atoms with Crippen LogP contribution in [0.25, 0.3) is 38.5 Å². The lowest BCUT2D eigenvalue weighted by Crippen LogP contribution is -2.18. The fraction of sp³-hybridized carbons (Fsp3) is 0.143. The quantitative estimate of drug-likeness (QED) is 0.296. The Bertz CT molecular complexity index is 1520. The van der Waals surface area contributed by atoms with Gasteiger partial charge in [0.05, 0.1) is 11.4 Å². The molecule has 0 N–H and O–H groups in total. The minimum absolute atomic E-state index is 0.162. The van der Waals surface area contributed by atoms with Crippen molar-refractivity contribution in [1.82, 2.24) is 9.97 Å². The summed E-state index contributed by atoms with van der Waals surface area (Å²) in [6, 6.07) is 18.1. The van der Waals surface area contributed by atoms with E-state index in [-0.39, 0.29) is 5.56 Å². The number of hydrogen-bond acceptors (Lipinski definition) is 4. The van der Waals surface area contributed by atoms with Gasteiger partial charge in [-0.25, -0.2) is 6.57 Å². The molecule has 0 radical (unpaired) electrons. The van der Waals surface area contributed by atoms with E-state index in [9.17, 15) is 18.4 Å². The molecule has 4 aromatic rings. The van der Waals surface area contributed by atoms with Crippen LogP contribution >= 0.6 is 0 Å².